The second-order valence-electron chi connectivity index (χ2n) is 7.04. The van der Waals surface area contributed by atoms with Crippen LogP contribution in [0.4, 0.5) is 10.7 Å². The molecule has 0 saturated heterocycles. The number of nitro benzene ring substituents is 1. The first-order valence-electron chi connectivity index (χ1n) is 9.69. The summed E-state index contributed by atoms with van der Waals surface area (Å²) in [6.07, 6.45) is 6.13. The van der Waals surface area contributed by atoms with Gasteiger partial charge in [-0.1, -0.05) is 0 Å². The molecule has 3 aromatic rings. The van der Waals surface area contributed by atoms with E-state index >= 15 is 0 Å². The van der Waals surface area contributed by atoms with E-state index in [0.29, 0.717) is 12.4 Å². The minimum atomic E-state index is -0.421. The molecule has 0 bridgehead atoms. The lowest BCUT2D eigenvalue weighted by molar-refractivity contribution is -0.384. The molecule has 0 atom stereocenters. The summed E-state index contributed by atoms with van der Waals surface area (Å²) in [6, 6.07) is 16.2. The largest absolute Gasteiger partial charge is 0.489 e. The molecule has 0 fully saturated rings. The van der Waals surface area contributed by atoms with Gasteiger partial charge in [-0.05, 0) is 78.8 Å². The van der Waals surface area contributed by atoms with Gasteiger partial charge in [0.15, 0.2) is 0 Å². The van der Waals surface area contributed by atoms with Crippen LogP contribution < -0.4 is 4.74 Å². The van der Waals surface area contributed by atoms with E-state index < -0.39 is 4.92 Å². The van der Waals surface area contributed by atoms with Gasteiger partial charge in [0.2, 0.25) is 0 Å². The predicted octanol–water partition coefficient (Wildman–Crippen LogP) is 5.74. The highest BCUT2D eigenvalue weighted by atomic mass is 32.1. The van der Waals surface area contributed by atoms with E-state index in [2.05, 4.69) is 11.1 Å². The number of rotatable bonds is 6. The van der Waals surface area contributed by atoms with Crippen LogP contribution in [0.3, 0.4) is 0 Å². The Hall–Kier alpha value is -3.50. The standard InChI is InChI=1S/C23H19N3O3S/c24-13-21-20-3-1-2-4-22(20)30-23(21)25-14-16-7-11-19(12-8-16)29-15-17-5-9-18(10-6-17)26(27)28/h5-12,14H,1-4,15H2. The van der Waals surface area contributed by atoms with Gasteiger partial charge in [-0.3, -0.25) is 10.1 Å². The molecule has 0 N–H and O–H groups in total. The van der Waals surface area contributed by atoms with E-state index in [4.69, 9.17) is 4.74 Å². The second-order valence-corrected chi connectivity index (χ2v) is 8.13. The molecule has 0 unspecified atom stereocenters. The Labute approximate surface area is 178 Å². The van der Waals surface area contributed by atoms with Gasteiger partial charge in [-0.15, -0.1) is 11.3 Å². The lowest BCUT2D eigenvalue weighted by Crippen LogP contribution is -1.99. The number of ether oxygens (including phenoxy) is 1. The summed E-state index contributed by atoms with van der Waals surface area (Å²) in [6.45, 7) is 0.331. The number of thiophene rings is 1. The van der Waals surface area contributed by atoms with Crippen LogP contribution in [-0.4, -0.2) is 11.1 Å². The zero-order valence-electron chi connectivity index (χ0n) is 16.2. The molecular weight excluding hydrogens is 398 g/mol. The Morgan fingerprint density at radius 2 is 1.87 bits per heavy atom. The molecule has 0 amide bonds. The van der Waals surface area contributed by atoms with Gasteiger partial charge < -0.3 is 4.74 Å². The van der Waals surface area contributed by atoms with Crippen molar-refractivity contribution in [1.82, 2.24) is 0 Å². The summed E-state index contributed by atoms with van der Waals surface area (Å²) < 4.78 is 5.75. The topological polar surface area (TPSA) is 88.5 Å². The van der Waals surface area contributed by atoms with Gasteiger partial charge in [-0.2, -0.15) is 5.26 Å². The number of benzene rings is 2. The highest BCUT2D eigenvalue weighted by molar-refractivity contribution is 7.16. The number of nitro groups is 1. The summed E-state index contributed by atoms with van der Waals surface area (Å²) in [7, 11) is 0. The highest BCUT2D eigenvalue weighted by Crippen LogP contribution is 2.39. The summed E-state index contributed by atoms with van der Waals surface area (Å²) in [5, 5.41) is 21.0. The van der Waals surface area contributed by atoms with E-state index in [1.807, 2.05) is 24.3 Å². The molecule has 2 aromatic carbocycles. The highest BCUT2D eigenvalue weighted by Gasteiger charge is 2.20. The summed E-state index contributed by atoms with van der Waals surface area (Å²) >= 11 is 1.63. The maximum absolute atomic E-state index is 10.7. The fourth-order valence-electron chi connectivity index (χ4n) is 3.42. The van der Waals surface area contributed by atoms with Crippen LogP contribution in [0, 0.1) is 21.4 Å². The number of fused-ring (bicyclic) bond motifs is 1. The van der Waals surface area contributed by atoms with Crippen molar-refractivity contribution in [3.8, 4) is 11.8 Å². The molecule has 0 aliphatic heterocycles. The Bertz CT molecular complexity index is 1130. The monoisotopic (exact) mass is 417 g/mol. The molecular formula is C23H19N3O3S. The molecule has 0 saturated carbocycles. The third-order valence-electron chi connectivity index (χ3n) is 5.03. The van der Waals surface area contributed by atoms with Gasteiger partial charge in [0.25, 0.3) is 5.69 Å². The Kier molecular flexibility index (Phi) is 5.87. The fourth-order valence-corrected chi connectivity index (χ4v) is 4.60. The molecule has 7 heteroatoms. The molecule has 1 aromatic heterocycles. The van der Waals surface area contributed by atoms with Gasteiger partial charge in [0.05, 0.1) is 10.5 Å². The molecule has 30 heavy (non-hydrogen) atoms. The lowest BCUT2D eigenvalue weighted by Gasteiger charge is -2.09. The zero-order valence-corrected chi connectivity index (χ0v) is 17.0. The average Bonchev–Trinajstić information content (AvgIpc) is 3.14. The van der Waals surface area contributed by atoms with Crippen molar-refractivity contribution < 1.29 is 9.66 Å². The first-order valence-corrected chi connectivity index (χ1v) is 10.5. The van der Waals surface area contributed by atoms with E-state index in [1.54, 1.807) is 29.7 Å². The quantitative estimate of drug-likeness (QED) is 0.291. The number of hydrogen-bond acceptors (Lipinski definition) is 6. The normalized spacial score (nSPS) is 13.0. The first-order chi connectivity index (χ1) is 14.6. The molecule has 1 aliphatic rings. The third-order valence-corrected chi connectivity index (χ3v) is 6.23. The third kappa shape index (κ3) is 4.39. The van der Waals surface area contributed by atoms with E-state index in [-0.39, 0.29) is 5.69 Å². The summed E-state index contributed by atoms with van der Waals surface area (Å²) in [4.78, 5) is 16.2. The van der Waals surface area contributed by atoms with Crippen LogP contribution in [-0.2, 0) is 19.4 Å². The zero-order chi connectivity index (χ0) is 20.9. The number of aryl methyl sites for hydroxylation is 1. The van der Waals surface area contributed by atoms with Crippen molar-refractivity contribution in [2.24, 2.45) is 4.99 Å². The van der Waals surface area contributed by atoms with Crippen LogP contribution in [0.2, 0.25) is 0 Å². The molecule has 4 rings (SSSR count). The molecule has 0 spiro atoms. The SMILES string of the molecule is N#Cc1c(N=Cc2ccc(OCc3ccc([N+](=O)[O-])cc3)cc2)sc2c1CCCC2. The maximum Gasteiger partial charge on any atom is 0.269 e. The van der Waals surface area contributed by atoms with E-state index in [1.165, 1.54) is 29.0 Å². The molecule has 1 aliphatic carbocycles. The van der Waals surface area contributed by atoms with Crippen molar-refractivity contribution in [3.05, 3.63) is 85.8 Å². The molecule has 0 radical (unpaired) electrons. The van der Waals surface area contributed by atoms with Crippen molar-refractivity contribution in [2.75, 3.05) is 0 Å². The molecule has 150 valence electrons. The van der Waals surface area contributed by atoms with Crippen LogP contribution >= 0.6 is 11.3 Å². The van der Waals surface area contributed by atoms with Crippen molar-refractivity contribution >= 4 is 28.2 Å². The molecule has 6 nitrogen and oxygen atoms in total. The van der Waals surface area contributed by atoms with Gasteiger partial charge in [0.1, 0.15) is 23.4 Å². The number of nitriles is 1. The Morgan fingerprint density at radius 1 is 1.13 bits per heavy atom. The maximum atomic E-state index is 10.7. The van der Waals surface area contributed by atoms with Crippen molar-refractivity contribution in [1.29, 1.82) is 5.26 Å². The smallest absolute Gasteiger partial charge is 0.269 e. The molecule has 1 heterocycles. The first kappa shape index (κ1) is 19.8. The number of nitrogens with zero attached hydrogens (tertiary/aromatic N) is 3. The van der Waals surface area contributed by atoms with Gasteiger partial charge >= 0.3 is 0 Å². The Morgan fingerprint density at radius 3 is 2.57 bits per heavy atom. The van der Waals surface area contributed by atoms with Gasteiger partial charge in [-0.25, -0.2) is 4.99 Å². The summed E-state index contributed by atoms with van der Waals surface area (Å²) in [5.41, 5.74) is 3.77. The Balaban J connectivity index is 1.40. The minimum absolute atomic E-state index is 0.0635. The van der Waals surface area contributed by atoms with Crippen molar-refractivity contribution in [2.45, 2.75) is 32.3 Å². The van der Waals surface area contributed by atoms with Crippen LogP contribution in [0.25, 0.3) is 0 Å². The fraction of sp³-hybridized carbons (Fsp3) is 0.217. The van der Waals surface area contributed by atoms with Crippen molar-refractivity contribution in [3.63, 3.8) is 0 Å². The lowest BCUT2D eigenvalue weighted by atomic mass is 9.96. The van der Waals surface area contributed by atoms with E-state index in [0.717, 1.165) is 41.0 Å². The van der Waals surface area contributed by atoms with Crippen LogP contribution in [0.5, 0.6) is 5.75 Å². The average molecular weight is 417 g/mol. The summed E-state index contributed by atoms with van der Waals surface area (Å²) in [5.74, 6) is 0.704. The van der Waals surface area contributed by atoms with Crippen LogP contribution in [0.1, 0.15) is 40.0 Å². The number of aliphatic imine (C=N–C) groups is 1. The van der Waals surface area contributed by atoms with Gasteiger partial charge in [0, 0.05) is 23.2 Å². The van der Waals surface area contributed by atoms with Crippen LogP contribution in [0.15, 0.2) is 53.5 Å². The predicted molar refractivity (Wildman–Crippen MR) is 117 cm³/mol. The van der Waals surface area contributed by atoms with E-state index in [9.17, 15) is 15.4 Å². The number of hydrogen-bond donors (Lipinski definition) is 0. The number of non-ortho nitro benzene ring substituents is 1. The minimum Gasteiger partial charge on any atom is -0.489 e. The second kappa shape index (κ2) is 8.89.